The molecule has 0 unspecified atom stereocenters. The van der Waals surface area contributed by atoms with E-state index in [4.69, 9.17) is 17.7 Å². The molecular formula is C58H34N2O4. The van der Waals surface area contributed by atoms with Crippen LogP contribution in [0.2, 0.25) is 0 Å². The molecule has 0 aliphatic heterocycles. The lowest BCUT2D eigenvalue weighted by Gasteiger charge is -2.25. The van der Waals surface area contributed by atoms with Gasteiger partial charge < -0.3 is 27.5 Å². The Morgan fingerprint density at radius 2 is 0.531 bits per heavy atom. The zero-order valence-electron chi connectivity index (χ0n) is 34.2. The van der Waals surface area contributed by atoms with E-state index < -0.39 is 0 Å². The van der Waals surface area contributed by atoms with Crippen LogP contribution in [-0.2, 0) is 0 Å². The minimum atomic E-state index is 0.823. The molecule has 6 heteroatoms. The van der Waals surface area contributed by atoms with E-state index in [-0.39, 0.29) is 0 Å². The third-order valence-corrected chi connectivity index (χ3v) is 12.8. The number of furan rings is 4. The topological polar surface area (TPSA) is 59.0 Å². The van der Waals surface area contributed by atoms with E-state index >= 15 is 0 Å². The highest BCUT2D eigenvalue weighted by Crippen LogP contribution is 2.44. The Labute approximate surface area is 364 Å². The van der Waals surface area contributed by atoms with Gasteiger partial charge in [-0.1, -0.05) is 72.8 Å². The molecular weight excluding hydrogens is 789 g/mol. The summed E-state index contributed by atoms with van der Waals surface area (Å²) in [7, 11) is 0. The van der Waals surface area contributed by atoms with Gasteiger partial charge in [-0.2, -0.15) is 0 Å². The molecule has 300 valence electrons. The van der Waals surface area contributed by atoms with Gasteiger partial charge in [-0.25, -0.2) is 0 Å². The average molecular weight is 823 g/mol. The lowest BCUT2D eigenvalue weighted by molar-refractivity contribution is 0.668. The van der Waals surface area contributed by atoms with Gasteiger partial charge in [0.05, 0.1) is 0 Å². The summed E-state index contributed by atoms with van der Waals surface area (Å²) >= 11 is 0. The second-order valence-electron chi connectivity index (χ2n) is 16.5. The SMILES string of the molecule is c1ccc(N(c2ccc3c(c2)oc2cc4cc5oc6cc(N(c7ccccc7)c7ccc8oc9ccccc9c8c7)ccc6c5cc4cc23)c2ccc3oc4ccccc4c3c2)cc1. The van der Waals surface area contributed by atoms with E-state index in [1.165, 1.54) is 0 Å². The van der Waals surface area contributed by atoms with Gasteiger partial charge in [0.25, 0.3) is 0 Å². The maximum absolute atomic E-state index is 6.70. The molecule has 0 aliphatic rings. The maximum atomic E-state index is 6.70. The Hall–Kier alpha value is -8.74. The van der Waals surface area contributed by atoms with Gasteiger partial charge in [-0.3, -0.25) is 0 Å². The van der Waals surface area contributed by atoms with Crippen LogP contribution >= 0.6 is 0 Å². The Kier molecular flexibility index (Phi) is 7.30. The van der Waals surface area contributed by atoms with Gasteiger partial charge in [0.2, 0.25) is 0 Å². The van der Waals surface area contributed by atoms with E-state index in [9.17, 15) is 0 Å². The number of hydrogen-bond donors (Lipinski definition) is 0. The zero-order valence-corrected chi connectivity index (χ0v) is 34.2. The van der Waals surface area contributed by atoms with Crippen molar-refractivity contribution < 1.29 is 17.7 Å². The smallest absolute Gasteiger partial charge is 0.137 e. The molecule has 0 atom stereocenters. The van der Waals surface area contributed by atoms with Crippen molar-refractivity contribution in [2.45, 2.75) is 0 Å². The van der Waals surface area contributed by atoms with Crippen LogP contribution in [0.15, 0.2) is 224 Å². The third-order valence-electron chi connectivity index (χ3n) is 12.8. The quantitative estimate of drug-likeness (QED) is 0.166. The molecule has 0 saturated carbocycles. The highest BCUT2D eigenvalue weighted by Gasteiger charge is 2.20. The largest absolute Gasteiger partial charge is 0.456 e. The number of anilines is 6. The molecule has 64 heavy (non-hydrogen) atoms. The summed E-state index contributed by atoms with van der Waals surface area (Å²) in [5.74, 6) is 0. The molecule has 0 radical (unpaired) electrons. The summed E-state index contributed by atoms with van der Waals surface area (Å²) in [6.07, 6.45) is 0. The van der Waals surface area contributed by atoms with E-state index in [1.54, 1.807) is 0 Å². The summed E-state index contributed by atoms with van der Waals surface area (Å²) in [6, 6.07) is 71.9. The first-order valence-electron chi connectivity index (χ1n) is 21.5. The van der Waals surface area contributed by atoms with Crippen molar-refractivity contribution in [2.75, 3.05) is 9.80 Å². The predicted octanol–water partition coefficient (Wildman–Crippen LogP) is 17.4. The summed E-state index contributed by atoms with van der Waals surface area (Å²) < 4.78 is 25.8. The van der Waals surface area contributed by atoms with Gasteiger partial charge in [0, 0.05) is 89.3 Å². The van der Waals surface area contributed by atoms with Crippen molar-refractivity contribution in [2.24, 2.45) is 0 Å². The maximum Gasteiger partial charge on any atom is 0.137 e. The first-order chi connectivity index (χ1) is 31.7. The van der Waals surface area contributed by atoms with Crippen molar-refractivity contribution in [1.82, 2.24) is 0 Å². The second kappa shape index (κ2) is 13.4. The van der Waals surface area contributed by atoms with Crippen LogP contribution in [0.1, 0.15) is 0 Å². The molecule has 0 bridgehead atoms. The monoisotopic (exact) mass is 822 g/mol. The number of rotatable bonds is 6. The highest BCUT2D eigenvalue weighted by molar-refractivity contribution is 6.16. The molecule has 0 aliphatic carbocycles. The molecule has 10 aromatic carbocycles. The van der Waals surface area contributed by atoms with Gasteiger partial charge in [0.1, 0.15) is 44.7 Å². The van der Waals surface area contributed by atoms with E-state index in [0.29, 0.717) is 0 Å². The Bertz CT molecular complexity index is 3890. The van der Waals surface area contributed by atoms with Crippen LogP contribution in [0, 0.1) is 0 Å². The van der Waals surface area contributed by atoms with Crippen LogP contribution in [0.25, 0.3) is 98.5 Å². The molecule has 0 amide bonds. The highest BCUT2D eigenvalue weighted by atomic mass is 16.3. The lowest BCUT2D eigenvalue weighted by atomic mass is 10.0. The van der Waals surface area contributed by atoms with Gasteiger partial charge in [-0.15, -0.1) is 0 Å². The number of nitrogens with zero attached hydrogens (tertiary/aromatic N) is 2. The standard InChI is InChI=1S/C58H34N2O4/c1-3-11-37(12-4-1)59(39-21-25-53-49(31-39)43-15-7-9-17-51(43)61-53)41-19-23-45-47-27-35-28-48-46-24-20-42(34-58(46)64-56(48)30-36(35)29-55(47)63-57(45)33-41)60(38-13-5-2-6-14-38)40-22-26-54-50(32-40)44-16-8-10-18-52(44)62-54/h1-34H. The van der Waals surface area contributed by atoms with Crippen molar-refractivity contribution in [3.63, 3.8) is 0 Å². The Morgan fingerprint density at radius 1 is 0.203 bits per heavy atom. The Balaban J connectivity index is 0.865. The minimum Gasteiger partial charge on any atom is -0.456 e. The summed E-state index contributed by atoms with van der Waals surface area (Å²) in [6.45, 7) is 0. The summed E-state index contributed by atoms with van der Waals surface area (Å²) in [5.41, 5.74) is 13.0. The molecule has 6 nitrogen and oxygen atoms in total. The van der Waals surface area contributed by atoms with Crippen LogP contribution in [-0.4, -0.2) is 0 Å². The first-order valence-corrected chi connectivity index (χ1v) is 21.5. The number of hydrogen-bond acceptors (Lipinski definition) is 6. The molecule has 0 fully saturated rings. The number of para-hydroxylation sites is 4. The molecule has 14 aromatic rings. The fourth-order valence-corrected chi connectivity index (χ4v) is 9.80. The number of benzene rings is 10. The van der Waals surface area contributed by atoms with Gasteiger partial charge >= 0.3 is 0 Å². The fraction of sp³-hybridized carbons (Fsp3) is 0. The summed E-state index contributed by atoms with van der Waals surface area (Å²) in [5, 5.41) is 10.8. The van der Waals surface area contributed by atoms with Gasteiger partial charge in [-0.05, 0) is 132 Å². The molecule has 0 N–H and O–H groups in total. The van der Waals surface area contributed by atoms with Crippen molar-refractivity contribution in [1.29, 1.82) is 0 Å². The Morgan fingerprint density at radius 3 is 1.02 bits per heavy atom. The van der Waals surface area contributed by atoms with Crippen LogP contribution in [0.4, 0.5) is 34.1 Å². The lowest BCUT2D eigenvalue weighted by Crippen LogP contribution is -2.09. The van der Waals surface area contributed by atoms with Crippen molar-refractivity contribution >= 4 is 133 Å². The fourth-order valence-electron chi connectivity index (χ4n) is 9.80. The normalized spacial score (nSPS) is 12.1. The van der Waals surface area contributed by atoms with Crippen LogP contribution in [0.5, 0.6) is 0 Å². The second-order valence-corrected chi connectivity index (χ2v) is 16.5. The van der Waals surface area contributed by atoms with Crippen molar-refractivity contribution in [3.05, 3.63) is 206 Å². The number of fused-ring (bicyclic) bond motifs is 13. The average Bonchev–Trinajstić information content (AvgIpc) is 4.10. The molecule has 4 heterocycles. The molecule has 0 saturated heterocycles. The molecule has 4 aromatic heterocycles. The third kappa shape index (κ3) is 5.33. The minimum absolute atomic E-state index is 0.823. The van der Waals surface area contributed by atoms with Crippen LogP contribution in [0.3, 0.4) is 0 Å². The predicted molar refractivity (Wildman–Crippen MR) is 262 cm³/mol. The summed E-state index contributed by atoms with van der Waals surface area (Å²) in [4.78, 5) is 4.54. The van der Waals surface area contributed by atoms with Crippen LogP contribution < -0.4 is 9.80 Å². The zero-order chi connectivity index (χ0) is 41.9. The molecule has 0 spiro atoms. The van der Waals surface area contributed by atoms with E-state index in [0.717, 1.165) is 133 Å². The van der Waals surface area contributed by atoms with E-state index in [2.05, 4.69) is 180 Å². The first kappa shape index (κ1) is 34.9. The van der Waals surface area contributed by atoms with E-state index in [1.807, 2.05) is 36.4 Å². The van der Waals surface area contributed by atoms with Gasteiger partial charge in [0.15, 0.2) is 0 Å². The molecule has 14 rings (SSSR count). The van der Waals surface area contributed by atoms with Crippen molar-refractivity contribution in [3.8, 4) is 0 Å².